The minimum absolute atomic E-state index is 0.311. The average Bonchev–Trinajstić information content (AvgIpc) is 2.44. The topological polar surface area (TPSA) is 29.5 Å². The lowest BCUT2D eigenvalue weighted by atomic mass is 10.1. The predicted octanol–water partition coefficient (Wildman–Crippen LogP) is 4.95. The van der Waals surface area contributed by atoms with Crippen LogP contribution < -0.4 is 0 Å². The van der Waals surface area contributed by atoms with Crippen LogP contribution in [-0.2, 0) is 11.2 Å². The molecular weight excluding hydrogens is 236 g/mol. The van der Waals surface area contributed by atoms with Crippen LogP contribution in [0, 0.1) is 0 Å². The zero-order valence-electron chi connectivity index (χ0n) is 12.8. The predicted molar refractivity (Wildman–Crippen MR) is 82.7 cm³/mol. The van der Waals surface area contributed by atoms with Gasteiger partial charge in [-0.05, 0) is 24.1 Å². The van der Waals surface area contributed by atoms with Gasteiger partial charge in [0.05, 0.1) is 6.61 Å². The Labute approximate surface area is 118 Å². The number of benzene rings is 1. The van der Waals surface area contributed by atoms with Crippen LogP contribution in [0.3, 0.4) is 0 Å². The SMILES string of the molecule is CCCCCCCC.COCCc1ccc(O)cc1. The van der Waals surface area contributed by atoms with Gasteiger partial charge < -0.3 is 9.84 Å². The lowest BCUT2D eigenvalue weighted by molar-refractivity contribution is 0.202. The van der Waals surface area contributed by atoms with Gasteiger partial charge in [0.1, 0.15) is 5.75 Å². The van der Waals surface area contributed by atoms with Crippen LogP contribution in [0.2, 0.25) is 0 Å². The fourth-order valence-corrected chi connectivity index (χ4v) is 1.74. The summed E-state index contributed by atoms with van der Waals surface area (Å²) in [5.74, 6) is 0.311. The highest BCUT2D eigenvalue weighted by molar-refractivity contribution is 5.25. The molecule has 0 atom stereocenters. The van der Waals surface area contributed by atoms with E-state index in [4.69, 9.17) is 9.84 Å². The number of unbranched alkanes of at least 4 members (excludes halogenated alkanes) is 5. The Hall–Kier alpha value is -1.02. The van der Waals surface area contributed by atoms with Crippen molar-refractivity contribution in [3.05, 3.63) is 29.8 Å². The highest BCUT2D eigenvalue weighted by Crippen LogP contribution is 2.09. The van der Waals surface area contributed by atoms with E-state index in [-0.39, 0.29) is 0 Å². The zero-order chi connectivity index (χ0) is 14.3. The van der Waals surface area contributed by atoms with E-state index >= 15 is 0 Å². The maximum absolute atomic E-state index is 8.95. The van der Waals surface area contributed by atoms with E-state index in [1.54, 1.807) is 19.2 Å². The summed E-state index contributed by atoms with van der Waals surface area (Å²) in [6.07, 6.45) is 9.39. The van der Waals surface area contributed by atoms with E-state index in [0.29, 0.717) is 5.75 Å². The molecule has 110 valence electrons. The molecule has 2 nitrogen and oxygen atoms in total. The third-order valence-corrected chi connectivity index (χ3v) is 2.99. The molecule has 0 aromatic heterocycles. The monoisotopic (exact) mass is 266 g/mol. The molecule has 0 radical (unpaired) electrons. The molecule has 0 fully saturated rings. The second kappa shape index (κ2) is 13.4. The number of phenolic OH excluding ortho intramolecular Hbond substituents is 1. The van der Waals surface area contributed by atoms with Gasteiger partial charge in [0.2, 0.25) is 0 Å². The number of hydrogen-bond donors (Lipinski definition) is 1. The summed E-state index contributed by atoms with van der Waals surface area (Å²) >= 11 is 0. The van der Waals surface area contributed by atoms with E-state index in [1.165, 1.54) is 44.1 Å². The summed E-state index contributed by atoms with van der Waals surface area (Å²) in [6.45, 7) is 5.24. The van der Waals surface area contributed by atoms with Gasteiger partial charge in [-0.2, -0.15) is 0 Å². The Kier molecular flexibility index (Phi) is 12.7. The van der Waals surface area contributed by atoms with E-state index in [0.717, 1.165) is 13.0 Å². The molecule has 0 amide bonds. The highest BCUT2D eigenvalue weighted by atomic mass is 16.5. The molecule has 1 N–H and O–H groups in total. The van der Waals surface area contributed by atoms with Gasteiger partial charge in [-0.25, -0.2) is 0 Å². The first kappa shape index (κ1) is 18.0. The standard InChI is InChI=1S/C9H12O2.C8H18/c1-11-7-6-8-2-4-9(10)5-3-8;1-3-5-7-8-6-4-2/h2-5,10H,6-7H2,1H3;3-8H2,1-2H3. The number of ether oxygens (including phenoxy) is 1. The van der Waals surface area contributed by atoms with Crippen LogP contribution in [0.4, 0.5) is 0 Å². The molecule has 0 saturated heterocycles. The van der Waals surface area contributed by atoms with Crippen molar-refractivity contribution >= 4 is 0 Å². The second-order valence-electron chi connectivity index (χ2n) is 4.82. The molecule has 0 unspecified atom stereocenters. The maximum Gasteiger partial charge on any atom is 0.115 e. The van der Waals surface area contributed by atoms with Crippen molar-refractivity contribution in [1.82, 2.24) is 0 Å². The summed E-state index contributed by atoms with van der Waals surface area (Å²) < 4.78 is 4.91. The maximum atomic E-state index is 8.95. The normalized spacial score (nSPS) is 9.84. The number of methoxy groups -OCH3 is 1. The van der Waals surface area contributed by atoms with Crippen LogP contribution in [-0.4, -0.2) is 18.8 Å². The van der Waals surface area contributed by atoms with Gasteiger partial charge in [-0.3, -0.25) is 0 Å². The van der Waals surface area contributed by atoms with Gasteiger partial charge in [-0.1, -0.05) is 64.5 Å². The first-order valence-corrected chi connectivity index (χ1v) is 7.51. The first-order chi connectivity index (χ1) is 9.24. The van der Waals surface area contributed by atoms with Gasteiger partial charge in [0.15, 0.2) is 0 Å². The van der Waals surface area contributed by atoms with Crippen molar-refractivity contribution in [2.45, 2.75) is 58.8 Å². The molecule has 0 bridgehead atoms. The number of hydrogen-bond acceptors (Lipinski definition) is 2. The Balaban J connectivity index is 0.000000362. The van der Waals surface area contributed by atoms with Crippen LogP contribution in [0.25, 0.3) is 0 Å². The zero-order valence-corrected chi connectivity index (χ0v) is 12.8. The first-order valence-electron chi connectivity index (χ1n) is 7.51. The average molecular weight is 266 g/mol. The molecule has 19 heavy (non-hydrogen) atoms. The molecule has 1 rings (SSSR count). The van der Waals surface area contributed by atoms with Crippen LogP contribution in [0.1, 0.15) is 57.9 Å². The molecule has 0 heterocycles. The summed E-state index contributed by atoms with van der Waals surface area (Å²) in [5.41, 5.74) is 1.18. The van der Waals surface area contributed by atoms with Crippen LogP contribution >= 0.6 is 0 Å². The van der Waals surface area contributed by atoms with E-state index in [2.05, 4.69) is 13.8 Å². The number of phenols is 1. The molecule has 0 aliphatic carbocycles. The Morgan fingerprint density at radius 2 is 1.42 bits per heavy atom. The Morgan fingerprint density at radius 1 is 0.895 bits per heavy atom. The summed E-state index contributed by atoms with van der Waals surface area (Å²) in [7, 11) is 1.68. The van der Waals surface area contributed by atoms with Crippen molar-refractivity contribution in [3.63, 3.8) is 0 Å². The smallest absolute Gasteiger partial charge is 0.115 e. The van der Waals surface area contributed by atoms with Crippen molar-refractivity contribution in [2.75, 3.05) is 13.7 Å². The van der Waals surface area contributed by atoms with Gasteiger partial charge >= 0.3 is 0 Å². The van der Waals surface area contributed by atoms with Gasteiger partial charge in [0.25, 0.3) is 0 Å². The largest absolute Gasteiger partial charge is 0.508 e. The van der Waals surface area contributed by atoms with E-state index in [9.17, 15) is 0 Å². The summed E-state index contributed by atoms with van der Waals surface area (Å²) in [6, 6.07) is 7.17. The molecule has 0 spiro atoms. The second-order valence-corrected chi connectivity index (χ2v) is 4.82. The number of rotatable bonds is 8. The molecule has 1 aromatic carbocycles. The highest BCUT2D eigenvalue weighted by Gasteiger charge is 1.91. The fourth-order valence-electron chi connectivity index (χ4n) is 1.74. The lowest BCUT2D eigenvalue weighted by Gasteiger charge is -1.99. The minimum Gasteiger partial charge on any atom is -0.508 e. The van der Waals surface area contributed by atoms with E-state index < -0.39 is 0 Å². The minimum atomic E-state index is 0.311. The van der Waals surface area contributed by atoms with Crippen molar-refractivity contribution in [3.8, 4) is 5.75 Å². The van der Waals surface area contributed by atoms with Crippen molar-refractivity contribution in [1.29, 1.82) is 0 Å². The third kappa shape index (κ3) is 11.8. The number of aromatic hydroxyl groups is 1. The quantitative estimate of drug-likeness (QED) is 0.675. The summed E-state index contributed by atoms with van der Waals surface area (Å²) in [4.78, 5) is 0. The molecule has 0 saturated carbocycles. The van der Waals surface area contributed by atoms with Crippen molar-refractivity contribution in [2.24, 2.45) is 0 Å². The van der Waals surface area contributed by atoms with Crippen LogP contribution in [0.5, 0.6) is 5.75 Å². The molecule has 2 heteroatoms. The molecule has 1 aromatic rings. The molecule has 0 aliphatic rings. The molecular formula is C17H30O2. The summed E-state index contributed by atoms with van der Waals surface area (Å²) in [5, 5.41) is 8.95. The van der Waals surface area contributed by atoms with Gasteiger partial charge in [-0.15, -0.1) is 0 Å². The van der Waals surface area contributed by atoms with E-state index in [1.807, 2.05) is 12.1 Å². The fraction of sp³-hybridized carbons (Fsp3) is 0.647. The molecule has 0 aliphatic heterocycles. The van der Waals surface area contributed by atoms with Crippen LogP contribution in [0.15, 0.2) is 24.3 Å². The van der Waals surface area contributed by atoms with Crippen molar-refractivity contribution < 1.29 is 9.84 Å². The Morgan fingerprint density at radius 3 is 1.84 bits per heavy atom. The lowest BCUT2D eigenvalue weighted by Crippen LogP contribution is -1.93. The Bertz CT molecular complexity index is 274. The third-order valence-electron chi connectivity index (χ3n) is 2.99. The van der Waals surface area contributed by atoms with Gasteiger partial charge in [0, 0.05) is 7.11 Å².